The Labute approximate surface area is 177 Å². The first-order valence-corrected chi connectivity index (χ1v) is 9.89. The molecule has 0 heterocycles. The second kappa shape index (κ2) is 13.6. The molecule has 2 N–H and O–H groups in total. The van der Waals surface area contributed by atoms with Gasteiger partial charge in [-0.15, -0.1) is 0 Å². The molecule has 0 amide bonds. The molecule has 0 fully saturated rings. The molecule has 0 aromatic heterocycles. The molecule has 30 heavy (non-hydrogen) atoms. The van der Waals surface area contributed by atoms with Crippen LogP contribution in [0.3, 0.4) is 0 Å². The molecule has 0 aliphatic rings. The van der Waals surface area contributed by atoms with Gasteiger partial charge in [-0.1, -0.05) is 0 Å². The van der Waals surface area contributed by atoms with E-state index < -0.39 is 35.2 Å². The monoisotopic (exact) mass is 424 g/mol. The van der Waals surface area contributed by atoms with Gasteiger partial charge < -0.3 is 19.7 Å². The van der Waals surface area contributed by atoms with Crippen LogP contribution in [0, 0.1) is 22.7 Å². The van der Waals surface area contributed by atoms with Crippen molar-refractivity contribution in [3.05, 3.63) is 0 Å². The summed E-state index contributed by atoms with van der Waals surface area (Å²) in [4.78, 5) is 23.5. The lowest BCUT2D eigenvalue weighted by Crippen LogP contribution is -2.25. The van der Waals surface area contributed by atoms with E-state index in [0.717, 1.165) is 0 Å². The predicted octanol–water partition coefficient (Wildman–Crippen LogP) is 2.19. The van der Waals surface area contributed by atoms with Crippen LogP contribution in [0.5, 0.6) is 0 Å². The Bertz CT molecular complexity index is 611. The molecule has 0 rings (SSSR count). The summed E-state index contributed by atoms with van der Waals surface area (Å²) in [5.41, 5.74) is -2.67. The van der Waals surface area contributed by atoms with Crippen molar-refractivity contribution in [3.8, 4) is 12.1 Å². The van der Waals surface area contributed by atoms with E-state index in [1.165, 1.54) is 13.8 Å². The van der Waals surface area contributed by atoms with Gasteiger partial charge in [-0.3, -0.25) is 9.59 Å². The molecule has 0 saturated heterocycles. The van der Waals surface area contributed by atoms with Gasteiger partial charge in [0, 0.05) is 25.7 Å². The SMILES string of the molecule is CC(O)CCOC(=O)CCC(C)(C#N)/N=N/C(C)(C#N)CCC(=O)OCCC(C)O. The molecule has 4 unspecified atom stereocenters. The number of nitrogens with zero attached hydrogens (tertiary/aromatic N) is 4. The van der Waals surface area contributed by atoms with Gasteiger partial charge in [0.2, 0.25) is 0 Å². The number of esters is 2. The lowest BCUT2D eigenvalue weighted by Gasteiger charge is -2.19. The van der Waals surface area contributed by atoms with Crippen molar-refractivity contribution in [1.29, 1.82) is 10.5 Å². The zero-order valence-electron chi connectivity index (χ0n) is 18.1. The van der Waals surface area contributed by atoms with E-state index in [-0.39, 0.29) is 38.9 Å². The van der Waals surface area contributed by atoms with Gasteiger partial charge in [-0.25, -0.2) is 0 Å². The van der Waals surface area contributed by atoms with E-state index >= 15 is 0 Å². The van der Waals surface area contributed by atoms with Crippen LogP contribution >= 0.6 is 0 Å². The lowest BCUT2D eigenvalue weighted by atomic mass is 9.97. The number of nitriles is 2. The molecule has 10 nitrogen and oxygen atoms in total. The summed E-state index contributed by atoms with van der Waals surface area (Å²) in [5.74, 6) is -1.04. The van der Waals surface area contributed by atoms with Crippen LogP contribution in [0.4, 0.5) is 0 Å². The third-order valence-electron chi connectivity index (χ3n) is 4.20. The quantitative estimate of drug-likeness (QED) is 0.316. The zero-order chi connectivity index (χ0) is 23.2. The summed E-state index contributed by atoms with van der Waals surface area (Å²) in [6.07, 6.45) is -0.548. The van der Waals surface area contributed by atoms with E-state index in [1.54, 1.807) is 13.8 Å². The van der Waals surface area contributed by atoms with Crippen molar-refractivity contribution in [2.24, 2.45) is 10.2 Å². The van der Waals surface area contributed by atoms with Crippen LogP contribution in [0.15, 0.2) is 10.2 Å². The Hall–Kier alpha value is -2.56. The van der Waals surface area contributed by atoms with Crippen LogP contribution in [0.2, 0.25) is 0 Å². The molecule has 0 bridgehead atoms. The van der Waals surface area contributed by atoms with Gasteiger partial charge in [0.1, 0.15) is 0 Å². The molecular formula is C20H32N4O6. The van der Waals surface area contributed by atoms with E-state index in [0.29, 0.717) is 12.8 Å². The summed E-state index contributed by atoms with van der Waals surface area (Å²) in [6.45, 7) is 6.32. The molecule has 0 saturated carbocycles. The number of rotatable bonds is 14. The standard InChI is InChI=1S/C20H32N4O6/c1-15(25)7-11-29-17(27)5-9-19(3,13-21)23-24-20(4,14-22)10-6-18(28)30-12-8-16(2)26/h15-16,25-26H,5-12H2,1-4H3/b24-23+. The Morgan fingerprint density at radius 2 is 1.20 bits per heavy atom. The van der Waals surface area contributed by atoms with Crippen molar-refractivity contribution < 1.29 is 29.3 Å². The number of aliphatic hydroxyl groups excluding tert-OH is 2. The molecule has 0 spiro atoms. The Morgan fingerprint density at radius 1 is 0.867 bits per heavy atom. The Balaban J connectivity index is 4.70. The molecule has 10 heteroatoms. The van der Waals surface area contributed by atoms with Crippen LogP contribution in [-0.4, -0.2) is 58.7 Å². The van der Waals surface area contributed by atoms with E-state index in [9.17, 15) is 20.1 Å². The van der Waals surface area contributed by atoms with Gasteiger partial charge in [0.25, 0.3) is 0 Å². The van der Waals surface area contributed by atoms with Gasteiger partial charge in [0.15, 0.2) is 11.1 Å². The molecule has 168 valence electrons. The van der Waals surface area contributed by atoms with Gasteiger partial charge >= 0.3 is 11.9 Å². The van der Waals surface area contributed by atoms with Crippen LogP contribution in [0.25, 0.3) is 0 Å². The molecule has 4 atom stereocenters. The minimum Gasteiger partial charge on any atom is -0.466 e. The maximum atomic E-state index is 11.7. The maximum Gasteiger partial charge on any atom is 0.305 e. The normalized spacial score (nSPS) is 17.1. The summed E-state index contributed by atoms with van der Waals surface area (Å²) in [6, 6.07) is 3.95. The molecule has 0 radical (unpaired) electrons. The average Bonchev–Trinajstić information content (AvgIpc) is 2.68. The average molecular weight is 424 g/mol. The Kier molecular flexibility index (Phi) is 12.5. The second-order valence-electron chi connectivity index (χ2n) is 7.69. The van der Waals surface area contributed by atoms with Crippen molar-refractivity contribution in [2.75, 3.05) is 13.2 Å². The molecule has 0 aromatic rings. The van der Waals surface area contributed by atoms with Gasteiger partial charge in [0.05, 0.1) is 37.6 Å². The summed E-state index contributed by atoms with van der Waals surface area (Å²) in [5, 5.41) is 45.1. The highest BCUT2D eigenvalue weighted by atomic mass is 16.5. The highest BCUT2D eigenvalue weighted by molar-refractivity contribution is 5.69. The van der Waals surface area contributed by atoms with Crippen LogP contribution in [-0.2, 0) is 19.1 Å². The van der Waals surface area contributed by atoms with Crippen molar-refractivity contribution >= 4 is 11.9 Å². The molecule has 0 aromatic carbocycles. The first-order valence-electron chi connectivity index (χ1n) is 9.89. The lowest BCUT2D eigenvalue weighted by molar-refractivity contribution is -0.145. The first-order chi connectivity index (χ1) is 13.9. The van der Waals surface area contributed by atoms with E-state index in [4.69, 9.17) is 19.7 Å². The third-order valence-corrected chi connectivity index (χ3v) is 4.20. The number of hydrogen-bond donors (Lipinski definition) is 2. The topological polar surface area (TPSA) is 165 Å². The number of carbonyl (C=O) groups is 2. The number of ether oxygens (including phenoxy) is 2. The van der Waals surface area contributed by atoms with E-state index in [2.05, 4.69) is 10.2 Å². The molecular weight excluding hydrogens is 392 g/mol. The fraction of sp³-hybridized carbons (Fsp3) is 0.800. The van der Waals surface area contributed by atoms with Crippen molar-refractivity contribution in [3.63, 3.8) is 0 Å². The smallest absolute Gasteiger partial charge is 0.305 e. The fourth-order valence-electron chi connectivity index (χ4n) is 2.00. The predicted molar refractivity (Wildman–Crippen MR) is 106 cm³/mol. The van der Waals surface area contributed by atoms with Gasteiger partial charge in [-0.05, 0) is 40.5 Å². The van der Waals surface area contributed by atoms with Crippen LogP contribution in [0.1, 0.15) is 66.2 Å². The van der Waals surface area contributed by atoms with Crippen molar-refractivity contribution in [2.45, 2.75) is 89.5 Å². The largest absolute Gasteiger partial charge is 0.466 e. The second-order valence-corrected chi connectivity index (χ2v) is 7.69. The highest BCUT2D eigenvalue weighted by Crippen LogP contribution is 2.23. The van der Waals surface area contributed by atoms with Crippen LogP contribution < -0.4 is 0 Å². The van der Waals surface area contributed by atoms with E-state index in [1.807, 2.05) is 12.1 Å². The third kappa shape index (κ3) is 12.8. The molecule has 0 aliphatic heterocycles. The zero-order valence-corrected chi connectivity index (χ0v) is 18.1. The Morgan fingerprint density at radius 3 is 1.47 bits per heavy atom. The summed E-state index contributed by atoms with van der Waals surface area (Å²) < 4.78 is 9.94. The summed E-state index contributed by atoms with van der Waals surface area (Å²) >= 11 is 0. The molecule has 0 aliphatic carbocycles. The fourth-order valence-corrected chi connectivity index (χ4v) is 2.00. The minimum absolute atomic E-state index is 0.0450. The number of hydrogen-bond acceptors (Lipinski definition) is 10. The maximum absolute atomic E-state index is 11.7. The number of carbonyl (C=O) groups excluding carboxylic acids is 2. The summed E-state index contributed by atoms with van der Waals surface area (Å²) in [7, 11) is 0. The minimum atomic E-state index is -1.33. The highest BCUT2D eigenvalue weighted by Gasteiger charge is 2.30. The van der Waals surface area contributed by atoms with Crippen molar-refractivity contribution in [1.82, 2.24) is 0 Å². The first kappa shape index (κ1) is 27.4. The number of azo groups is 1. The number of aliphatic hydroxyl groups is 2. The van der Waals surface area contributed by atoms with Gasteiger partial charge in [-0.2, -0.15) is 20.8 Å².